The smallest absolute Gasteiger partial charge is 0.123 e. The van der Waals surface area contributed by atoms with Gasteiger partial charge in [-0.05, 0) is 37.1 Å². The lowest BCUT2D eigenvalue weighted by molar-refractivity contribution is 0.307. The van der Waals surface area contributed by atoms with Crippen molar-refractivity contribution in [1.29, 1.82) is 0 Å². The fourth-order valence-corrected chi connectivity index (χ4v) is 2.86. The Kier molecular flexibility index (Phi) is 4.23. The molecule has 1 heterocycles. The van der Waals surface area contributed by atoms with E-state index in [-0.39, 0.29) is 0 Å². The highest BCUT2D eigenvalue weighted by molar-refractivity contribution is 7.11. The Labute approximate surface area is 123 Å². The minimum Gasteiger partial charge on any atom is -0.497 e. The standard InChI is InChI=1S/C16H19NO2S/c1-18-13-3-2-4-14(9-13)19-11-16-8-7-15(20-16)10-17-12-5-6-12/h2-4,7-9,12,17H,5-6,10-11H2,1H3. The second kappa shape index (κ2) is 6.29. The van der Waals surface area contributed by atoms with Gasteiger partial charge in [-0.15, -0.1) is 11.3 Å². The molecular weight excluding hydrogens is 270 g/mol. The molecule has 1 aromatic carbocycles. The van der Waals surface area contributed by atoms with Crippen molar-refractivity contribution in [2.75, 3.05) is 7.11 Å². The van der Waals surface area contributed by atoms with Crippen LogP contribution in [0.15, 0.2) is 36.4 Å². The maximum absolute atomic E-state index is 5.80. The van der Waals surface area contributed by atoms with Crippen LogP contribution in [0.3, 0.4) is 0 Å². The average molecular weight is 289 g/mol. The van der Waals surface area contributed by atoms with Crippen molar-refractivity contribution >= 4 is 11.3 Å². The van der Waals surface area contributed by atoms with Crippen molar-refractivity contribution in [2.45, 2.75) is 32.0 Å². The highest BCUT2D eigenvalue weighted by Crippen LogP contribution is 2.24. The van der Waals surface area contributed by atoms with E-state index in [1.165, 1.54) is 22.6 Å². The van der Waals surface area contributed by atoms with Gasteiger partial charge in [-0.25, -0.2) is 0 Å². The first kappa shape index (κ1) is 13.5. The molecule has 4 heteroatoms. The second-order valence-electron chi connectivity index (χ2n) is 4.99. The number of rotatable bonds is 7. The van der Waals surface area contributed by atoms with Crippen molar-refractivity contribution in [3.63, 3.8) is 0 Å². The predicted octanol–water partition coefficient (Wildman–Crippen LogP) is 3.59. The summed E-state index contributed by atoms with van der Waals surface area (Å²) in [7, 11) is 1.66. The number of thiophene rings is 1. The van der Waals surface area contributed by atoms with E-state index in [9.17, 15) is 0 Å². The van der Waals surface area contributed by atoms with Gasteiger partial charge in [-0.2, -0.15) is 0 Å². The first-order valence-corrected chi connectivity index (χ1v) is 7.73. The highest BCUT2D eigenvalue weighted by Gasteiger charge is 2.20. The third-order valence-corrected chi connectivity index (χ3v) is 4.34. The summed E-state index contributed by atoms with van der Waals surface area (Å²) >= 11 is 1.81. The Morgan fingerprint density at radius 1 is 1.15 bits per heavy atom. The molecule has 0 spiro atoms. The number of hydrogen-bond donors (Lipinski definition) is 1. The highest BCUT2D eigenvalue weighted by atomic mass is 32.1. The monoisotopic (exact) mass is 289 g/mol. The number of hydrogen-bond acceptors (Lipinski definition) is 4. The van der Waals surface area contributed by atoms with Crippen LogP contribution in [0.5, 0.6) is 11.5 Å². The molecule has 0 saturated heterocycles. The zero-order valence-corrected chi connectivity index (χ0v) is 12.4. The van der Waals surface area contributed by atoms with E-state index in [2.05, 4.69) is 17.4 Å². The summed E-state index contributed by atoms with van der Waals surface area (Å²) < 4.78 is 11.0. The van der Waals surface area contributed by atoms with Gasteiger partial charge >= 0.3 is 0 Å². The minimum atomic E-state index is 0.612. The number of ether oxygens (including phenoxy) is 2. The maximum atomic E-state index is 5.80. The molecule has 1 saturated carbocycles. The van der Waals surface area contributed by atoms with Crippen molar-refractivity contribution < 1.29 is 9.47 Å². The molecule has 20 heavy (non-hydrogen) atoms. The van der Waals surface area contributed by atoms with Crippen LogP contribution in [0.25, 0.3) is 0 Å². The van der Waals surface area contributed by atoms with Gasteiger partial charge in [0, 0.05) is 28.4 Å². The summed E-state index contributed by atoms with van der Waals surface area (Å²) in [5.74, 6) is 1.67. The van der Waals surface area contributed by atoms with Gasteiger partial charge < -0.3 is 14.8 Å². The molecule has 0 radical (unpaired) electrons. The average Bonchev–Trinajstić information content (AvgIpc) is 3.21. The topological polar surface area (TPSA) is 30.5 Å². The summed E-state index contributed by atoms with van der Waals surface area (Å²) in [5.41, 5.74) is 0. The van der Waals surface area contributed by atoms with Gasteiger partial charge in [0.1, 0.15) is 18.1 Å². The molecule has 3 rings (SSSR count). The molecule has 0 aliphatic heterocycles. The van der Waals surface area contributed by atoms with Crippen LogP contribution in [0.2, 0.25) is 0 Å². The van der Waals surface area contributed by atoms with Crippen LogP contribution in [-0.2, 0) is 13.2 Å². The molecule has 1 N–H and O–H groups in total. The second-order valence-corrected chi connectivity index (χ2v) is 6.24. The Balaban J connectivity index is 1.51. The molecule has 1 aliphatic rings. The van der Waals surface area contributed by atoms with E-state index in [1.807, 2.05) is 35.6 Å². The SMILES string of the molecule is COc1cccc(OCc2ccc(CNC3CC3)s2)c1. The molecule has 2 aromatic rings. The lowest BCUT2D eigenvalue weighted by Crippen LogP contribution is -2.14. The van der Waals surface area contributed by atoms with Crippen LogP contribution in [0, 0.1) is 0 Å². The first-order chi connectivity index (χ1) is 9.83. The van der Waals surface area contributed by atoms with Crippen LogP contribution < -0.4 is 14.8 Å². The lowest BCUT2D eigenvalue weighted by atomic mass is 10.3. The van der Waals surface area contributed by atoms with Crippen molar-refractivity contribution in [1.82, 2.24) is 5.32 Å². The molecular formula is C16H19NO2S. The summed E-state index contributed by atoms with van der Waals surface area (Å²) in [6.07, 6.45) is 2.66. The van der Waals surface area contributed by atoms with E-state index in [4.69, 9.17) is 9.47 Å². The molecule has 106 valence electrons. The van der Waals surface area contributed by atoms with Crippen molar-refractivity contribution in [3.8, 4) is 11.5 Å². The Bertz CT molecular complexity index is 563. The molecule has 1 aliphatic carbocycles. The van der Waals surface area contributed by atoms with Gasteiger partial charge in [0.2, 0.25) is 0 Å². The van der Waals surface area contributed by atoms with Gasteiger partial charge in [-0.1, -0.05) is 6.07 Å². The van der Waals surface area contributed by atoms with Gasteiger partial charge in [-0.3, -0.25) is 0 Å². The fourth-order valence-electron chi connectivity index (χ4n) is 1.97. The zero-order chi connectivity index (χ0) is 13.8. The van der Waals surface area contributed by atoms with E-state index in [1.54, 1.807) is 7.11 Å². The Morgan fingerprint density at radius 2 is 1.95 bits per heavy atom. The Morgan fingerprint density at radius 3 is 2.75 bits per heavy atom. The number of benzene rings is 1. The van der Waals surface area contributed by atoms with Crippen LogP contribution in [-0.4, -0.2) is 13.2 Å². The minimum absolute atomic E-state index is 0.612. The predicted molar refractivity (Wildman–Crippen MR) is 81.5 cm³/mol. The number of methoxy groups -OCH3 is 1. The maximum Gasteiger partial charge on any atom is 0.123 e. The van der Waals surface area contributed by atoms with Crippen molar-refractivity contribution in [3.05, 3.63) is 46.2 Å². The summed E-state index contributed by atoms with van der Waals surface area (Å²) in [5, 5.41) is 3.53. The van der Waals surface area contributed by atoms with E-state index in [0.29, 0.717) is 6.61 Å². The Hall–Kier alpha value is -1.52. The largest absolute Gasteiger partial charge is 0.497 e. The molecule has 1 fully saturated rings. The van der Waals surface area contributed by atoms with E-state index >= 15 is 0 Å². The third kappa shape index (κ3) is 3.74. The van der Waals surface area contributed by atoms with Gasteiger partial charge in [0.15, 0.2) is 0 Å². The zero-order valence-electron chi connectivity index (χ0n) is 11.6. The summed E-state index contributed by atoms with van der Waals surface area (Å²) in [6, 6.07) is 12.8. The molecule has 0 unspecified atom stereocenters. The fraction of sp³-hybridized carbons (Fsp3) is 0.375. The van der Waals surface area contributed by atoms with Crippen LogP contribution in [0.4, 0.5) is 0 Å². The van der Waals surface area contributed by atoms with Gasteiger partial charge in [0.05, 0.1) is 7.11 Å². The molecule has 3 nitrogen and oxygen atoms in total. The van der Waals surface area contributed by atoms with E-state index < -0.39 is 0 Å². The van der Waals surface area contributed by atoms with Crippen LogP contribution >= 0.6 is 11.3 Å². The van der Waals surface area contributed by atoms with Crippen molar-refractivity contribution in [2.24, 2.45) is 0 Å². The molecule has 0 bridgehead atoms. The molecule has 0 amide bonds. The number of nitrogens with one attached hydrogen (secondary N) is 1. The van der Waals surface area contributed by atoms with Crippen LogP contribution in [0.1, 0.15) is 22.6 Å². The summed E-state index contributed by atoms with van der Waals surface area (Å²) in [4.78, 5) is 2.63. The third-order valence-electron chi connectivity index (χ3n) is 3.28. The quantitative estimate of drug-likeness (QED) is 0.845. The summed E-state index contributed by atoms with van der Waals surface area (Å²) in [6.45, 7) is 1.59. The van der Waals surface area contributed by atoms with Gasteiger partial charge in [0.25, 0.3) is 0 Å². The first-order valence-electron chi connectivity index (χ1n) is 6.91. The lowest BCUT2D eigenvalue weighted by Gasteiger charge is -2.06. The normalized spacial score (nSPS) is 14.2. The molecule has 1 aromatic heterocycles. The molecule has 0 atom stereocenters. The van der Waals surface area contributed by atoms with E-state index in [0.717, 1.165) is 24.1 Å².